The van der Waals surface area contributed by atoms with Crippen molar-refractivity contribution in [1.82, 2.24) is 4.90 Å². The van der Waals surface area contributed by atoms with E-state index >= 15 is 0 Å². The molecule has 29 heavy (non-hydrogen) atoms. The number of Topliss-reactive ketones (excluding diaryl/α,β-unsaturated/α-hetero) is 1. The summed E-state index contributed by atoms with van der Waals surface area (Å²) in [7, 11) is 0. The van der Waals surface area contributed by atoms with Crippen molar-refractivity contribution in [2.75, 3.05) is 0 Å². The minimum atomic E-state index is -0.892. The number of aliphatic hydroxyl groups is 1. The molecule has 1 aromatic heterocycles. The molecule has 146 valence electrons. The van der Waals surface area contributed by atoms with Gasteiger partial charge in [0.05, 0.1) is 24.4 Å². The van der Waals surface area contributed by atoms with E-state index in [0.29, 0.717) is 21.9 Å². The number of rotatable bonds is 4. The molecule has 1 atom stereocenters. The van der Waals surface area contributed by atoms with Crippen LogP contribution < -0.4 is 0 Å². The molecule has 7 heteroatoms. The van der Waals surface area contributed by atoms with Crippen molar-refractivity contribution >= 4 is 29.1 Å². The molecular weight excluding hydrogens is 397 g/mol. The van der Waals surface area contributed by atoms with Gasteiger partial charge in [0.2, 0.25) is 0 Å². The van der Waals surface area contributed by atoms with Crippen LogP contribution >= 0.6 is 11.6 Å². The third kappa shape index (κ3) is 3.54. The summed E-state index contributed by atoms with van der Waals surface area (Å²) in [6.07, 6.45) is 1.46. The van der Waals surface area contributed by atoms with E-state index in [1.807, 2.05) is 0 Å². The van der Waals surface area contributed by atoms with Gasteiger partial charge in [0, 0.05) is 10.6 Å². The van der Waals surface area contributed by atoms with Crippen LogP contribution in [0.4, 0.5) is 4.39 Å². The van der Waals surface area contributed by atoms with Gasteiger partial charge in [-0.05, 0) is 54.1 Å². The van der Waals surface area contributed by atoms with Gasteiger partial charge < -0.3 is 14.4 Å². The van der Waals surface area contributed by atoms with Crippen LogP contribution in [0.25, 0.3) is 5.76 Å². The summed E-state index contributed by atoms with van der Waals surface area (Å²) in [5.41, 5.74) is 0.765. The second-order valence-corrected chi connectivity index (χ2v) is 7.00. The molecule has 2 heterocycles. The minimum absolute atomic E-state index is 0.0248. The fourth-order valence-electron chi connectivity index (χ4n) is 3.37. The summed E-state index contributed by atoms with van der Waals surface area (Å²) in [5, 5.41) is 11.3. The normalized spacial score (nSPS) is 18.4. The molecular formula is C22H15ClFNO4. The van der Waals surface area contributed by atoms with Gasteiger partial charge in [0.25, 0.3) is 11.7 Å². The van der Waals surface area contributed by atoms with E-state index in [2.05, 4.69) is 0 Å². The highest BCUT2D eigenvalue weighted by Gasteiger charge is 2.46. The number of carbonyl (C=O) groups excluding carboxylic acids is 2. The molecule has 5 nitrogen and oxygen atoms in total. The highest BCUT2D eigenvalue weighted by Crippen LogP contribution is 2.40. The Bertz CT molecular complexity index is 1090. The third-order valence-corrected chi connectivity index (χ3v) is 5.00. The van der Waals surface area contributed by atoms with Gasteiger partial charge in [0.1, 0.15) is 17.3 Å². The Morgan fingerprint density at radius 3 is 2.38 bits per heavy atom. The van der Waals surface area contributed by atoms with Crippen LogP contribution in [0, 0.1) is 5.82 Å². The number of amides is 1. The third-order valence-electron chi connectivity index (χ3n) is 4.75. The van der Waals surface area contributed by atoms with Crippen LogP contribution in [0.2, 0.25) is 5.02 Å². The second kappa shape index (κ2) is 7.56. The van der Waals surface area contributed by atoms with Crippen molar-refractivity contribution in [3.63, 3.8) is 0 Å². The predicted molar refractivity (Wildman–Crippen MR) is 104 cm³/mol. The van der Waals surface area contributed by atoms with Crippen LogP contribution in [0.15, 0.2) is 76.9 Å². The first-order valence-electron chi connectivity index (χ1n) is 8.78. The average Bonchev–Trinajstić information content (AvgIpc) is 3.31. The number of carbonyl (C=O) groups is 2. The summed E-state index contributed by atoms with van der Waals surface area (Å²) in [6, 6.07) is 14.2. The zero-order valence-electron chi connectivity index (χ0n) is 15.0. The molecule has 0 bridgehead atoms. The van der Waals surface area contributed by atoms with E-state index < -0.39 is 23.5 Å². The monoisotopic (exact) mass is 411 g/mol. The van der Waals surface area contributed by atoms with E-state index in [1.165, 1.54) is 35.4 Å². The Balaban J connectivity index is 1.86. The van der Waals surface area contributed by atoms with Gasteiger partial charge in [-0.1, -0.05) is 23.7 Å². The van der Waals surface area contributed by atoms with Gasteiger partial charge >= 0.3 is 0 Å². The van der Waals surface area contributed by atoms with Crippen LogP contribution in [0.1, 0.15) is 22.9 Å². The number of ketones is 1. The maximum Gasteiger partial charge on any atom is 0.296 e. The van der Waals surface area contributed by atoms with Crippen LogP contribution in [0.5, 0.6) is 0 Å². The molecule has 0 saturated carbocycles. The first-order valence-corrected chi connectivity index (χ1v) is 9.15. The highest BCUT2D eigenvalue weighted by atomic mass is 35.5. The van der Waals surface area contributed by atoms with Crippen molar-refractivity contribution in [3.05, 3.63) is 100 Å². The van der Waals surface area contributed by atoms with E-state index in [4.69, 9.17) is 16.0 Å². The summed E-state index contributed by atoms with van der Waals surface area (Å²) in [5.74, 6) is -1.89. The maximum absolute atomic E-state index is 13.5. The molecule has 1 aliphatic rings. The van der Waals surface area contributed by atoms with Crippen molar-refractivity contribution in [3.8, 4) is 0 Å². The zero-order valence-corrected chi connectivity index (χ0v) is 15.8. The van der Waals surface area contributed by atoms with Crippen LogP contribution in [0.3, 0.4) is 0 Å². The quantitative estimate of drug-likeness (QED) is 0.384. The molecule has 3 aromatic rings. The van der Waals surface area contributed by atoms with Gasteiger partial charge in [-0.25, -0.2) is 4.39 Å². The van der Waals surface area contributed by atoms with Crippen molar-refractivity contribution in [1.29, 1.82) is 0 Å². The summed E-state index contributed by atoms with van der Waals surface area (Å²) < 4.78 is 18.8. The van der Waals surface area contributed by atoms with Crippen molar-refractivity contribution in [2.24, 2.45) is 0 Å². The summed E-state index contributed by atoms with van der Waals surface area (Å²) in [4.78, 5) is 26.9. The standard InChI is InChI=1S/C22H15ClFNO4/c23-15-7-3-14(4-8-15)20(26)18-19(13-5-9-16(24)10-6-13)25(22(28)21(18)27)12-17-2-1-11-29-17/h1-11,19,26H,12H2/t19-/m0/s1. The predicted octanol–water partition coefficient (Wildman–Crippen LogP) is 4.69. The molecule has 1 saturated heterocycles. The Hall–Kier alpha value is -3.38. The van der Waals surface area contributed by atoms with Crippen molar-refractivity contribution in [2.45, 2.75) is 12.6 Å². The van der Waals surface area contributed by atoms with E-state index in [9.17, 15) is 19.1 Å². The molecule has 0 aliphatic carbocycles. The second-order valence-electron chi connectivity index (χ2n) is 6.56. The van der Waals surface area contributed by atoms with Gasteiger partial charge in [0.15, 0.2) is 0 Å². The SMILES string of the molecule is O=C1C(=O)N(Cc2ccco2)[C@@H](c2ccc(F)cc2)C1=C(O)c1ccc(Cl)cc1. The average molecular weight is 412 g/mol. The fraction of sp³-hybridized carbons (Fsp3) is 0.0909. The lowest BCUT2D eigenvalue weighted by Gasteiger charge is -2.24. The first-order chi connectivity index (χ1) is 14.0. The topological polar surface area (TPSA) is 70.8 Å². The number of benzene rings is 2. The van der Waals surface area contributed by atoms with Gasteiger partial charge in [-0.3, -0.25) is 9.59 Å². The van der Waals surface area contributed by atoms with E-state index in [0.717, 1.165) is 0 Å². The molecule has 1 N–H and O–H groups in total. The lowest BCUT2D eigenvalue weighted by Crippen LogP contribution is -2.29. The number of aliphatic hydroxyl groups excluding tert-OH is 1. The molecule has 1 aliphatic heterocycles. The molecule has 0 radical (unpaired) electrons. The number of likely N-dealkylation sites (tertiary alicyclic amines) is 1. The molecule has 1 amide bonds. The number of halogens is 2. The summed E-state index contributed by atoms with van der Waals surface area (Å²) in [6.45, 7) is 0.0248. The summed E-state index contributed by atoms with van der Waals surface area (Å²) >= 11 is 5.90. The zero-order chi connectivity index (χ0) is 20.5. The van der Waals surface area contributed by atoms with Crippen LogP contribution in [-0.4, -0.2) is 21.7 Å². The Kier molecular flexibility index (Phi) is 4.94. The number of furan rings is 1. The van der Waals surface area contributed by atoms with Gasteiger partial charge in [-0.15, -0.1) is 0 Å². The fourth-order valence-corrected chi connectivity index (χ4v) is 3.49. The van der Waals surface area contributed by atoms with E-state index in [-0.39, 0.29) is 17.9 Å². The maximum atomic E-state index is 13.5. The first kappa shape index (κ1) is 19.0. The number of nitrogens with zero attached hydrogens (tertiary/aromatic N) is 1. The largest absolute Gasteiger partial charge is 0.507 e. The van der Waals surface area contributed by atoms with Crippen LogP contribution in [-0.2, 0) is 16.1 Å². The minimum Gasteiger partial charge on any atom is -0.507 e. The number of hydrogen-bond donors (Lipinski definition) is 1. The smallest absolute Gasteiger partial charge is 0.296 e. The number of hydrogen-bond acceptors (Lipinski definition) is 4. The Labute approximate surface area is 170 Å². The lowest BCUT2D eigenvalue weighted by molar-refractivity contribution is -0.140. The Morgan fingerprint density at radius 1 is 1.07 bits per heavy atom. The molecule has 0 unspecified atom stereocenters. The van der Waals surface area contributed by atoms with Gasteiger partial charge in [-0.2, -0.15) is 0 Å². The highest BCUT2D eigenvalue weighted by molar-refractivity contribution is 6.46. The molecule has 2 aromatic carbocycles. The molecule has 1 fully saturated rings. The Morgan fingerprint density at radius 2 is 1.76 bits per heavy atom. The molecule has 4 rings (SSSR count). The van der Waals surface area contributed by atoms with E-state index in [1.54, 1.807) is 36.4 Å². The molecule has 0 spiro atoms. The van der Waals surface area contributed by atoms with Crippen molar-refractivity contribution < 1.29 is 23.5 Å². The lowest BCUT2D eigenvalue weighted by atomic mass is 9.95.